The lowest BCUT2D eigenvalue weighted by Crippen LogP contribution is -1.97. The molecule has 0 saturated heterocycles. The molecule has 19 heavy (non-hydrogen) atoms. The molecule has 0 amide bonds. The summed E-state index contributed by atoms with van der Waals surface area (Å²) in [7, 11) is 0. The SMILES string of the molecule is Nc1nc(Oc2ccc(Cl)cc2Cl)c2ccsc2n1. The number of nitrogens with two attached hydrogens (primary N) is 1. The van der Waals surface area contributed by atoms with Gasteiger partial charge in [-0.15, -0.1) is 11.3 Å². The monoisotopic (exact) mass is 311 g/mol. The van der Waals surface area contributed by atoms with E-state index in [-0.39, 0.29) is 5.95 Å². The molecule has 7 heteroatoms. The molecule has 1 aromatic carbocycles. The van der Waals surface area contributed by atoms with E-state index in [1.54, 1.807) is 18.2 Å². The summed E-state index contributed by atoms with van der Waals surface area (Å²) in [6.07, 6.45) is 0. The Kier molecular flexibility index (Phi) is 3.18. The van der Waals surface area contributed by atoms with Crippen LogP contribution in [0.1, 0.15) is 0 Å². The summed E-state index contributed by atoms with van der Waals surface area (Å²) in [6, 6.07) is 6.85. The highest BCUT2D eigenvalue weighted by atomic mass is 35.5. The maximum Gasteiger partial charge on any atom is 0.232 e. The topological polar surface area (TPSA) is 61.0 Å². The summed E-state index contributed by atoms with van der Waals surface area (Å²) in [5.41, 5.74) is 5.65. The number of benzene rings is 1. The summed E-state index contributed by atoms with van der Waals surface area (Å²) in [4.78, 5) is 8.99. The van der Waals surface area contributed by atoms with Crippen LogP contribution in [-0.2, 0) is 0 Å². The molecule has 2 aromatic heterocycles. The highest BCUT2D eigenvalue weighted by Crippen LogP contribution is 2.35. The smallest absolute Gasteiger partial charge is 0.232 e. The molecule has 0 saturated carbocycles. The lowest BCUT2D eigenvalue weighted by Gasteiger charge is -2.08. The zero-order valence-electron chi connectivity index (χ0n) is 9.43. The van der Waals surface area contributed by atoms with Gasteiger partial charge in [0.15, 0.2) is 0 Å². The van der Waals surface area contributed by atoms with Crippen LogP contribution in [-0.4, -0.2) is 9.97 Å². The molecule has 2 heterocycles. The molecule has 0 spiro atoms. The molecule has 0 fully saturated rings. The molecule has 0 aliphatic rings. The second-order valence-corrected chi connectivity index (χ2v) is 5.44. The Morgan fingerprint density at radius 1 is 1.16 bits per heavy atom. The molecule has 3 aromatic rings. The number of anilines is 1. The van der Waals surface area contributed by atoms with Crippen molar-refractivity contribution >= 4 is 50.7 Å². The third-order valence-electron chi connectivity index (χ3n) is 2.41. The molecule has 0 unspecified atom stereocenters. The van der Waals surface area contributed by atoms with Crippen molar-refractivity contribution in [3.8, 4) is 11.6 Å². The Morgan fingerprint density at radius 2 is 2.00 bits per heavy atom. The molecule has 4 nitrogen and oxygen atoms in total. The van der Waals surface area contributed by atoms with E-state index in [1.165, 1.54) is 11.3 Å². The lowest BCUT2D eigenvalue weighted by molar-refractivity contribution is 0.469. The first-order valence-electron chi connectivity index (χ1n) is 5.27. The van der Waals surface area contributed by atoms with Gasteiger partial charge in [0.1, 0.15) is 10.6 Å². The van der Waals surface area contributed by atoms with E-state index in [4.69, 9.17) is 33.7 Å². The van der Waals surface area contributed by atoms with Gasteiger partial charge in [0, 0.05) is 5.02 Å². The van der Waals surface area contributed by atoms with Gasteiger partial charge in [0.05, 0.1) is 10.4 Å². The third-order valence-corrected chi connectivity index (χ3v) is 3.75. The fraction of sp³-hybridized carbons (Fsp3) is 0. The van der Waals surface area contributed by atoms with Gasteiger partial charge in [-0.1, -0.05) is 23.2 Å². The van der Waals surface area contributed by atoms with E-state index in [0.717, 1.165) is 10.2 Å². The summed E-state index contributed by atoms with van der Waals surface area (Å²) in [5.74, 6) is 1.01. The van der Waals surface area contributed by atoms with Gasteiger partial charge in [-0.05, 0) is 29.6 Å². The van der Waals surface area contributed by atoms with E-state index >= 15 is 0 Å². The van der Waals surface area contributed by atoms with Crippen LogP contribution >= 0.6 is 34.5 Å². The molecule has 0 aliphatic carbocycles. The van der Waals surface area contributed by atoms with Gasteiger partial charge >= 0.3 is 0 Å². The zero-order valence-corrected chi connectivity index (χ0v) is 11.8. The Balaban J connectivity index is 2.07. The van der Waals surface area contributed by atoms with Crippen molar-refractivity contribution < 1.29 is 4.74 Å². The fourth-order valence-corrected chi connectivity index (χ4v) is 2.79. The number of nitrogen functional groups attached to an aromatic ring is 1. The Labute approximate surface area is 122 Å². The van der Waals surface area contributed by atoms with Gasteiger partial charge in [-0.25, -0.2) is 4.98 Å². The predicted molar refractivity (Wildman–Crippen MR) is 78.4 cm³/mol. The number of thiophene rings is 1. The highest BCUT2D eigenvalue weighted by molar-refractivity contribution is 7.16. The number of ether oxygens (including phenoxy) is 1. The largest absolute Gasteiger partial charge is 0.437 e. The Bertz CT molecular complexity index is 760. The normalized spacial score (nSPS) is 10.8. The number of hydrogen-bond acceptors (Lipinski definition) is 5. The second-order valence-electron chi connectivity index (χ2n) is 3.70. The van der Waals surface area contributed by atoms with E-state index < -0.39 is 0 Å². The van der Waals surface area contributed by atoms with E-state index in [1.807, 2.05) is 11.4 Å². The van der Waals surface area contributed by atoms with Gasteiger partial charge in [-0.3, -0.25) is 0 Å². The Hall–Kier alpha value is -1.56. The molecule has 0 aliphatic heterocycles. The van der Waals surface area contributed by atoms with E-state index in [2.05, 4.69) is 9.97 Å². The van der Waals surface area contributed by atoms with Crippen LogP contribution in [0.25, 0.3) is 10.2 Å². The third kappa shape index (κ3) is 2.45. The summed E-state index contributed by atoms with van der Waals surface area (Å²) in [5, 5.41) is 3.65. The number of fused-ring (bicyclic) bond motifs is 1. The number of hydrogen-bond donors (Lipinski definition) is 1. The minimum Gasteiger partial charge on any atom is -0.437 e. The summed E-state index contributed by atoms with van der Waals surface area (Å²) >= 11 is 13.4. The van der Waals surface area contributed by atoms with Crippen molar-refractivity contribution in [2.75, 3.05) is 5.73 Å². The number of rotatable bonds is 2. The van der Waals surface area contributed by atoms with Crippen LogP contribution in [0.2, 0.25) is 10.0 Å². The number of aromatic nitrogens is 2. The molecule has 0 radical (unpaired) electrons. The average Bonchev–Trinajstić information content (AvgIpc) is 2.80. The van der Waals surface area contributed by atoms with Crippen LogP contribution in [0.4, 0.5) is 5.95 Å². The standard InChI is InChI=1S/C12H7Cl2N3OS/c13-6-1-2-9(8(14)5-6)18-10-7-3-4-19-11(7)17-12(15)16-10/h1-5H,(H2,15,16,17). The van der Waals surface area contributed by atoms with Crippen LogP contribution < -0.4 is 10.5 Å². The van der Waals surface area contributed by atoms with Crippen molar-refractivity contribution in [3.05, 3.63) is 39.7 Å². The lowest BCUT2D eigenvalue weighted by atomic mass is 10.3. The summed E-state index contributed by atoms with van der Waals surface area (Å²) in [6.45, 7) is 0. The van der Waals surface area contributed by atoms with Crippen molar-refractivity contribution in [2.45, 2.75) is 0 Å². The van der Waals surface area contributed by atoms with Crippen molar-refractivity contribution in [1.29, 1.82) is 0 Å². The van der Waals surface area contributed by atoms with Crippen molar-refractivity contribution in [3.63, 3.8) is 0 Å². The van der Waals surface area contributed by atoms with Crippen LogP contribution in [0, 0.1) is 0 Å². The minimum atomic E-state index is 0.162. The van der Waals surface area contributed by atoms with Gasteiger partial charge in [0.2, 0.25) is 11.8 Å². The maximum atomic E-state index is 6.06. The van der Waals surface area contributed by atoms with Crippen molar-refractivity contribution in [2.24, 2.45) is 0 Å². The average molecular weight is 312 g/mol. The molecule has 96 valence electrons. The van der Waals surface area contributed by atoms with Crippen LogP contribution in [0.3, 0.4) is 0 Å². The molecule has 2 N–H and O–H groups in total. The predicted octanol–water partition coefficient (Wildman–Crippen LogP) is 4.37. The number of nitrogens with zero attached hydrogens (tertiary/aromatic N) is 2. The van der Waals surface area contributed by atoms with Gasteiger partial charge in [-0.2, -0.15) is 4.98 Å². The quantitative estimate of drug-likeness (QED) is 0.763. The van der Waals surface area contributed by atoms with Crippen LogP contribution in [0.15, 0.2) is 29.6 Å². The summed E-state index contributed by atoms with van der Waals surface area (Å²) < 4.78 is 5.70. The Morgan fingerprint density at radius 3 is 2.79 bits per heavy atom. The first-order chi connectivity index (χ1) is 9.13. The van der Waals surface area contributed by atoms with Crippen LogP contribution in [0.5, 0.6) is 11.6 Å². The first-order valence-corrected chi connectivity index (χ1v) is 6.90. The molecule has 0 atom stereocenters. The molecular formula is C12H7Cl2N3OS. The second kappa shape index (κ2) is 4.85. The first kappa shape index (κ1) is 12.5. The minimum absolute atomic E-state index is 0.162. The van der Waals surface area contributed by atoms with E-state index in [0.29, 0.717) is 21.7 Å². The maximum absolute atomic E-state index is 6.06. The fourth-order valence-electron chi connectivity index (χ4n) is 1.58. The molecular weight excluding hydrogens is 305 g/mol. The zero-order chi connectivity index (χ0) is 13.4. The van der Waals surface area contributed by atoms with Gasteiger partial charge < -0.3 is 10.5 Å². The number of halogens is 2. The van der Waals surface area contributed by atoms with E-state index in [9.17, 15) is 0 Å². The van der Waals surface area contributed by atoms with Gasteiger partial charge in [0.25, 0.3) is 0 Å². The highest BCUT2D eigenvalue weighted by Gasteiger charge is 2.11. The molecule has 0 bridgehead atoms. The molecule has 3 rings (SSSR count). The van der Waals surface area contributed by atoms with Crippen molar-refractivity contribution in [1.82, 2.24) is 9.97 Å².